The second-order valence-corrected chi connectivity index (χ2v) is 9.03. The molecule has 0 aliphatic rings. The zero-order chi connectivity index (χ0) is 28.3. The zero-order valence-corrected chi connectivity index (χ0v) is 22.1. The molecular formula is C38H23N3. The smallest absolute Gasteiger partial charge is 0.130 e. The average molecular weight is 522 g/mol. The van der Waals surface area contributed by atoms with Gasteiger partial charge in [-0.3, -0.25) is 0 Å². The Balaban J connectivity index is 1.47. The van der Waals surface area contributed by atoms with Crippen molar-refractivity contribution in [3.63, 3.8) is 0 Å². The number of nitrogens with zero attached hydrogens (tertiary/aromatic N) is 3. The molecule has 3 heteroatoms. The Morgan fingerprint density at radius 3 is 1.15 bits per heavy atom. The molecule has 0 spiro atoms. The van der Waals surface area contributed by atoms with E-state index in [4.69, 9.17) is 10.5 Å². The Kier molecular flexibility index (Phi) is 8.36. The molecule has 5 aromatic rings. The first-order chi connectivity index (χ1) is 20.2. The van der Waals surface area contributed by atoms with Crippen LogP contribution in [0.3, 0.4) is 0 Å². The fourth-order valence-electron chi connectivity index (χ4n) is 4.14. The molecule has 0 bridgehead atoms. The van der Waals surface area contributed by atoms with Crippen LogP contribution in [-0.4, -0.2) is 0 Å². The molecule has 0 heterocycles. The van der Waals surface area contributed by atoms with E-state index in [2.05, 4.69) is 52.8 Å². The lowest BCUT2D eigenvalue weighted by atomic mass is 10.1. The topological polar surface area (TPSA) is 50.8 Å². The predicted octanol–water partition coefficient (Wildman–Crippen LogP) is 8.39. The molecule has 5 aromatic carbocycles. The normalized spacial score (nSPS) is 9.51. The minimum Gasteiger partial charge on any atom is -0.311 e. The van der Waals surface area contributed by atoms with Gasteiger partial charge in [0.2, 0.25) is 0 Å². The summed E-state index contributed by atoms with van der Waals surface area (Å²) in [7, 11) is 0. The van der Waals surface area contributed by atoms with Crippen LogP contribution in [0.25, 0.3) is 6.08 Å². The Bertz CT molecular complexity index is 1750. The third kappa shape index (κ3) is 6.99. The lowest BCUT2D eigenvalue weighted by Crippen LogP contribution is -2.09. The highest BCUT2D eigenvalue weighted by molar-refractivity contribution is 5.78. The van der Waals surface area contributed by atoms with Crippen molar-refractivity contribution in [2.45, 2.75) is 0 Å². The number of anilines is 3. The van der Waals surface area contributed by atoms with E-state index in [1.807, 2.05) is 121 Å². The van der Waals surface area contributed by atoms with Gasteiger partial charge in [0.25, 0.3) is 0 Å². The van der Waals surface area contributed by atoms with Crippen LogP contribution in [0.1, 0.15) is 27.8 Å². The number of benzene rings is 5. The molecule has 0 fully saturated rings. The second-order valence-electron chi connectivity index (χ2n) is 9.03. The third-order valence-electron chi connectivity index (χ3n) is 6.20. The highest BCUT2D eigenvalue weighted by Gasteiger charge is 2.12. The van der Waals surface area contributed by atoms with E-state index in [0.29, 0.717) is 0 Å². The molecule has 3 nitrogen and oxygen atoms in total. The Labute approximate surface area is 240 Å². The van der Waals surface area contributed by atoms with Crippen LogP contribution in [0, 0.1) is 46.3 Å². The molecule has 0 atom stereocenters. The van der Waals surface area contributed by atoms with E-state index >= 15 is 0 Å². The maximum Gasteiger partial charge on any atom is 0.130 e. The molecule has 0 aliphatic carbocycles. The van der Waals surface area contributed by atoms with Crippen molar-refractivity contribution in [2.75, 3.05) is 4.90 Å². The highest BCUT2D eigenvalue weighted by Crippen LogP contribution is 2.35. The minimum atomic E-state index is 0.0639. The van der Waals surface area contributed by atoms with E-state index in [1.165, 1.54) is 0 Å². The fraction of sp³-hybridized carbons (Fsp3) is 0. The van der Waals surface area contributed by atoms with Crippen molar-refractivity contribution >= 4 is 23.1 Å². The van der Waals surface area contributed by atoms with Crippen LogP contribution in [0.4, 0.5) is 17.1 Å². The van der Waals surface area contributed by atoms with Gasteiger partial charge >= 0.3 is 0 Å². The molecule has 0 amide bonds. The van der Waals surface area contributed by atoms with Crippen LogP contribution >= 0.6 is 0 Å². The lowest BCUT2D eigenvalue weighted by molar-refractivity contribution is 1.28. The molecule has 0 unspecified atom stereocenters. The van der Waals surface area contributed by atoms with E-state index in [1.54, 1.807) is 6.08 Å². The fourth-order valence-corrected chi connectivity index (χ4v) is 4.14. The molecule has 190 valence electrons. The monoisotopic (exact) mass is 521 g/mol. The standard InChI is InChI=1S/C38H23N3/c39-28-35(29-40)27-34-19-25-38(26-20-34)41(36-21-15-32(16-22-36)13-11-30-7-3-1-4-8-30)37-23-17-33(18-24-37)14-12-31-9-5-2-6-10-31/h1-10,15-27H. The number of hydrogen-bond donors (Lipinski definition) is 0. The van der Waals surface area contributed by atoms with Gasteiger partial charge in [-0.05, 0) is 96.6 Å². The van der Waals surface area contributed by atoms with Gasteiger partial charge in [-0.25, -0.2) is 0 Å². The molecule has 0 radical (unpaired) electrons. The van der Waals surface area contributed by atoms with E-state index in [0.717, 1.165) is 44.9 Å². The zero-order valence-electron chi connectivity index (χ0n) is 22.1. The first-order valence-electron chi connectivity index (χ1n) is 13.0. The average Bonchev–Trinajstić information content (AvgIpc) is 3.04. The van der Waals surface area contributed by atoms with Gasteiger partial charge in [-0.2, -0.15) is 10.5 Å². The molecule has 41 heavy (non-hydrogen) atoms. The maximum absolute atomic E-state index is 9.11. The molecular weight excluding hydrogens is 498 g/mol. The van der Waals surface area contributed by atoms with Crippen LogP contribution in [0.15, 0.2) is 139 Å². The van der Waals surface area contributed by atoms with E-state index < -0.39 is 0 Å². The SMILES string of the molecule is N#CC(C#N)=Cc1ccc(N(c2ccc(C#Cc3ccccc3)cc2)c2ccc(C#Cc3ccccc3)cc2)cc1. The Morgan fingerprint density at radius 2 is 0.780 bits per heavy atom. The first-order valence-corrected chi connectivity index (χ1v) is 13.0. The van der Waals surface area contributed by atoms with Crippen LogP contribution in [0.5, 0.6) is 0 Å². The second kappa shape index (κ2) is 13.0. The quantitative estimate of drug-likeness (QED) is 0.176. The van der Waals surface area contributed by atoms with Gasteiger partial charge in [0.15, 0.2) is 0 Å². The van der Waals surface area contributed by atoms with Gasteiger partial charge in [0.05, 0.1) is 0 Å². The number of allylic oxidation sites excluding steroid dienone is 1. The predicted molar refractivity (Wildman–Crippen MR) is 165 cm³/mol. The molecule has 5 rings (SSSR count). The Hall–Kier alpha value is -6.26. The summed E-state index contributed by atoms with van der Waals surface area (Å²) in [6.45, 7) is 0. The van der Waals surface area contributed by atoms with Gasteiger partial charge in [-0.15, -0.1) is 0 Å². The molecule has 0 N–H and O–H groups in total. The summed E-state index contributed by atoms with van der Waals surface area (Å²) in [5.74, 6) is 12.9. The minimum absolute atomic E-state index is 0.0639. The van der Waals surface area contributed by atoms with Gasteiger partial charge in [0, 0.05) is 39.3 Å². The van der Waals surface area contributed by atoms with Crippen molar-refractivity contribution in [1.82, 2.24) is 0 Å². The molecule has 0 saturated carbocycles. The lowest BCUT2D eigenvalue weighted by Gasteiger charge is -2.25. The Morgan fingerprint density at radius 1 is 0.439 bits per heavy atom. The number of hydrogen-bond acceptors (Lipinski definition) is 3. The van der Waals surface area contributed by atoms with Crippen molar-refractivity contribution < 1.29 is 0 Å². The van der Waals surface area contributed by atoms with Crippen molar-refractivity contribution in [3.8, 4) is 35.8 Å². The number of rotatable bonds is 4. The summed E-state index contributed by atoms with van der Waals surface area (Å²) in [5.41, 5.74) is 7.50. The summed E-state index contributed by atoms with van der Waals surface area (Å²) in [4.78, 5) is 2.14. The molecule has 0 aliphatic heterocycles. The van der Waals surface area contributed by atoms with E-state index in [9.17, 15) is 0 Å². The highest BCUT2D eigenvalue weighted by atomic mass is 15.1. The maximum atomic E-state index is 9.11. The summed E-state index contributed by atoms with van der Waals surface area (Å²) >= 11 is 0. The van der Waals surface area contributed by atoms with Gasteiger partial charge < -0.3 is 4.90 Å². The summed E-state index contributed by atoms with van der Waals surface area (Å²) in [6.07, 6.45) is 1.58. The van der Waals surface area contributed by atoms with Crippen LogP contribution in [0.2, 0.25) is 0 Å². The third-order valence-corrected chi connectivity index (χ3v) is 6.20. The van der Waals surface area contributed by atoms with Crippen molar-refractivity contribution in [2.24, 2.45) is 0 Å². The summed E-state index contributed by atoms with van der Waals surface area (Å²) in [5, 5.41) is 18.2. The van der Waals surface area contributed by atoms with Gasteiger partial charge in [-0.1, -0.05) is 72.2 Å². The van der Waals surface area contributed by atoms with Crippen LogP contribution in [-0.2, 0) is 0 Å². The molecule has 0 aromatic heterocycles. The van der Waals surface area contributed by atoms with E-state index in [-0.39, 0.29) is 5.57 Å². The van der Waals surface area contributed by atoms with Crippen LogP contribution < -0.4 is 4.90 Å². The van der Waals surface area contributed by atoms with Gasteiger partial charge in [0.1, 0.15) is 17.7 Å². The first kappa shape index (κ1) is 26.4. The summed E-state index contributed by atoms with van der Waals surface area (Å²) in [6, 6.07) is 47.7. The summed E-state index contributed by atoms with van der Waals surface area (Å²) < 4.78 is 0. The largest absolute Gasteiger partial charge is 0.311 e. The van der Waals surface area contributed by atoms with Crippen molar-refractivity contribution in [3.05, 3.63) is 167 Å². The molecule has 0 saturated heterocycles. The van der Waals surface area contributed by atoms with Crippen molar-refractivity contribution in [1.29, 1.82) is 10.5 Å². The number of nitriles is 2.